The van der Waals surface area contributed by atoms with Crippen molar-refractivity contribution in [3.8, 4) is 0 Å². The first-order chi connectivity index (χ1) is 9.70. The van der Waals surface area contributed by atoms with Crippen LogP contribution in [0.25, 0.3) is 0 Å². The summed E-state index contributed by atoms with van der Waals surface area (Å²) in [7, 11) is 0. The van der Waals surface area contributed by atoms with Gasteiger partial charge in [-0.1, -0.05) is 24.3 Å². The summed E-state index contributed by atoms with van der Waals surface area (Å²) in [6.07, 6.45) is 0. The summed E-state index contributed by atoms with van der Waals surface area (Å²) in [5.41, 5.74) is 2.12. The lowest BCUT2D eigenvalue weighted by Gasteiger charge is -2.11. The van der Waals surface area contributed by atoms with E-state index in [1.54, 1.807) is 18.2 Å². The Kier molecular flexibility index (Phi) is 4.71. The number of benzene rings is 2. The molecular formula is C16H17FN2O. The number of hydrogen-bond acceptors (Lipinski definition) is 2. The van der Waals surface area contributed by atoms with Crippen LogP contribution in [-0.4, -0.2) is 12.5 Å². The van der Waals surface area contributed by atoms with Crippen molar-refractivity contribution in [1.29, 1.82) is 0 Å². The number of nitrogens with one attached hydrogen (secondary N) is 2. The van der Waals surface area contributed by atoms with E-state index in [-0.39, 0.29) is 11.7 Å². The summed E-state index contributed by atoms with van der Waals surface area (Å²) in [6, 6.07) is 13.5. The Morgan fingerprint density at radius 2 is 1.95 bits per heavy atom. The van der Waals surface area contributed by atoms with Gasteiger partial charge in [0.05, 0.1) is 5.56 Å². The van der Waals surface area contributed by atoms with Crippen LogP contribution in [0.15, 0.2) is 48.5 Å². The van der Waals surface area contributed by atoms with E-state index in [0.717, 1.165) is 17.8 Å². The van der Waals surface area contributed by atoms with Gasteiger partial charge in [0.15, 0.2) is 0 Å². The van der Waals surface area contributed by atoms with Gasteiger partial charge in [-0.2, -0.15) is 0 Å². The number of carbonyl (C=O) groups excluding carboxylic acids is 1. The van der Waals surface area contributed by atoms with Crippen LogP contribution in [0.4, 0.5) is 10.1 Å². The standard InChI is InChI=1S/C16H17FN2O/c1-2-18-15-9-4-3-8-14(15)16(20)19-11-12-6-5-7-13(17)10-12/h3-10,18H,2,11H2,1H3,(H,19,20). The fraction of sp³-hybridized carbons (Fsp3) is 0.188. The van der Waals surface area contributed by atoms with Gasteiger partial charge in [-0.3, -0.25) is 4.79 Å². The number of carbonyl (C=O) groups is 1. The molecule has 0 spiro atoms. The molecule has 0 fully saturated rings. The molecule has 2 aromatic carbocycles. The Morgan fingerprint density at radius 1 is 1.15 bits per heavy atom. The van der Waals surface area contributed by atoms with E-state index in [9.17, 15) is 9.18 Å². The molecule has 4 heteroatoms. The lowest BCUT2D eigenvalue weighted by atomic mass is 10.1. The van der Waals surface area contributed by atoms with Crippen molar-refractivity contribution in [3.63, 3.8) is 0 Å². The third-order valence-corrected chi connectivity index (χ3v) is 2.88. The van der Waals surface area contributed by atoms with Crippen molar-refractivity contribution in [2.24, 2.45) is 0 Å². The van der Waals surface area contributed by atoms with E-state index in [4.69, 9.17) is 0 Å². The zero-order valence-corrected chi connectivity index (χ0v) is 11.3. The molecule has 0 bridgehead atoms. The quantitative estimate of drug-likeness (QED) is 0.877. The summed E-state index contributed by atoms with van der Waals surface area (Å²) < 4.78 is 13.1. The lowest BCUT2D eigenvalue weighted by Crippen LogP contribution is -2.24. The second-order valence-electron chi connectivity index (χ2n) is 4.39. The van der Waals surface area contributed by atoms with Gasteiger partial charge in [-0.25, -0.2) is 4.39 Å². The average molecular weight is 272 g/mol. The number of hydrogen-bond donors (Lipinski definition) is 2. The molecule has 2 N–H and O–H groups in total. The summed E-state index contributed by atoms with van der Waals surface area (Å²) in [5.74, 6) is -0.476. The molecule has 0 aliphatic carbocycles. The van der Waals surface area contributed by atoms with Gasteiger partial charge in [0.25, 0.3) is 5.91 Å². The molecule has 1 amide bonds. The third kappa shape index (κ3) is 3.57. The van der Waals surface area contributed by atoms with Crippen LogP contribution in [0, 0.1) is 5.82 Å². The van der Waals surface area contributed by atoms with Crippen molar-refractivity contribution < 1.29 is 9.18 Å². The molecule has 0 heterocycles. The van der Waals surface area contributed by atoms with Crippen LogP contribution < -0.4 is 10.6 Å². The number of para-hydroxylation sites is 1. The zero-order valence-electron chi connectivity index (χ0n) is 11.3. The lowest BCUT2D eigenvalue weighted by molar-refractivity contribution is 0.0951. The maximum Gasteiger partial charge on any atom is 0.253 e. The minimum Gasteiger partial charge on any atom is -0.385 e. The molecule has 0 unspecified atom stereocenters. The van der Waals surface area contributed by atoms with Gasteiger partial charge in [0.2, 0.25) is 0 Å². The van der Waals surface area contributed by atoms with Crippen molar-refractivity contribution in [3.05, 3.63) is 65.5 Å². The molecule has 0 saturated heterocycles. The Bertz CT molecular complexity index is 599. The van der Waals surface area contributed by atoms with Crippen molar-refractivity contribution in [2.45, 2.75) is 13.5 Å². The first-order valence-corrected chi connectivity index (χ1v) is 6.56. The minimum absolute atomic E-state index is 0.175. The number of rotatable bonds is 5. The van der Waals surface area contributed by atoms with E-state index in [1.165, 1.54) is 12.1 Å². The third-order valence-electron chi connectivity index (χ3n) is 2.88. The van der Waals surface area contributed by atoms with E-state index < -0.39 is 0 Å². The highest BCUT2D eigenvalue weighted by molar-refractivity contribution is 5.99. The molecule has 2 aromatic rings. The van der Waals surface area contributed by atoms with Gasteiger partial charge < -0.3 is 10.6 Å². The smallest absolute Gasteiger partial charge is 0.253 e. The van der Waals surface area contributed by atoms with Gasteiger partial charge >= 0.3 is 0 Å². The average Bonchev–Trinajstić information content (AvgIpc) is 2.46. The van der Waals surface area contributed by atoms with E-state index in [0.29, 0.717) is 12.1 Å². The summed E-state index contributed by atoms with van der Waals surface area (Å²) in [6.45, 7) is 3.02. The molecule has 0 aromatic heterocycles. The number of amides is 1. The Hall–Kier alpha value is -2.36. The van der Waals surface area contributed by atoms with Crippen LogP contribution in [-0.2, 0) is 6.54 Å². The predicted molar refractivity (Wildman–Crippen MR) is 78.2 cm³/mol. The molecule has 3 nitrogen and oxygen atoms in total. The van der Waals surface area contributed by atoms with Gasteiger partial charge in [0.1, 0.15) is 5.82 Å². The van der Waals surface area contributed by atoms with Crippen molar-refractivity contribution in [1.82, 2.24) is 5.32 Å². The van der Waals surface area contributed by atoms with Crippen LogP contribution in [0.3, 0.4) is 0 Å². The van der Waals surface area contributed by atoms with E-state index >= 15 is 0 Å². The molecule has 0 radical (unpaired) electrons. The van der Waals surface area contributed by atoms with Crippen LogP contribution in [0.1, 0.15) is 22.8 Å². The predicted octanol–water partition coefficient (Wildman–Crippen LogP) is 3.19. The topological polar surface area (TPSA) is 41.1 Å². The largest absolute Gasteiger partial charge is 0.385 e. The summed E-state index contributed by atoms with van der Waals surface area (Å²) >= 11 is 0. The Labute approximate surface area is 117 Å². The zero-order chi connectivity index (χ0) is 14.4. The fourth-order valence-corrected chi connectivity index (χ4v) is 1.95. The van der Waals surface area contributed by atoms with Gasteiger partial charge in [-0.15, -0.1) is 0 Å². The second-order valence-corrected chi connectivity index (χ2v) is 4.39. The first kappa shape index (κ1) is 14.1. The maximum absolute atomic E-state index is 13.1. The van der Waals surface area contributed by atoms with Crippen molar-refractivity contribution >= 4 is 11.6 Å². The Balaban J connectivity index is 2.05. The van der Waals surface area contributed by atoms with E-state index in [1.807, 2.05) is 25.1 Å². The highest BCUT2D eigenvalue weighted by atomic mass is 19.1. The molecule has 20 heavy (non-hydrogen) atoms. The number of halogens is 1. The Morgan fingerprint density at radius 3 is 2.70 bits per heavy atom. The maximum atomic E-state index is 13.1. The van der Waals surface area contributed by atoms with Gasteiger partial charge in [0, 0.05) is 18.8 Å². The van der Waals surface area contributed by atoms with Crippen LogP contribution in [0.2, 0.25) is 0 Å². The highest BCUT2D eigenvalue weighted by Crippen LogP contribution is 2.14. The molecular weight excluding hydrogens is 255 g/mol. The summed E-state index contributed by atoms with van der Waals surface area (Å²) in [4.78, 5) is 12.2. The van der Waals surface area contributed by atoms with E-state index in [2.05, 4.69) is 10.6 Å². The summed E-state index contributed by atoms with van der Waals surface area (Å²) in [5, 5.41) is 5.94. The fourth-order valence-electron chi connectivity index (χ4n) is 1.95. The molecule has 0 aliphatic heterocycles. The molecule has 2 rings (SSSR count). The molecule has 0 aliphatic rings. The SMILES string of the molecule is CCNc1ccccc1C(=O)NCc1cccc(F)c1. The normalized spacial score (nSPS) is 10.1. The van der Waals surface area contributed by atoms with Gasteiger partial charge in [-0.05, 0) is 36.8 Å². The molecule has 0 atom stereocenters. The monoisotopic (exact) mass is 272 g/mol. The van der Waals surface area contributed by atoms with Crippen LogP contribution >= 0.6 is 0 Å². The molecule has 104 valence electrons. The second kappa shape index (κ2) is 6.70. The van der Waals surface area contributed by atoms with Crippen LogP contribution in [0.5, 0.6) is 0 Å². The minimum atomic E-state index is -0.301. The number of anilines is 1. The van der Waals surface area contributed by atoms with Crippen molar-refractivity contribution in [2.75, 3.05) is 11.9 Å². The first-order valence-electron chi connectivity index (χ1n) is 6.56. The highest BCUT2D eigenvalue weighted by Gasteiger charge is 2.09. The molecule has 0 saturated carbocycles.